The maximum atomic E-state index is 10.6. The Morgan fingerprint density at radius 1 is 1.54 bits per heavy atom. The van der Waals surface area contributed by atoms with Crippen LogP contribution >= 0.6 is 43.5 Å². The fraction of sp³-hybridized carbons (Fsp3) is 0.143. The Morgan fingerprint density at radius 3 is 2.62 bits per heavy atom. The molecule has 0 aromatic heterocycles. The molecule has 13 heavy (non-hydrogen) atoms. The first-order valence-electron chi connectivity index (χ1n) is 3.24. The highest BCUT2D eigenvalue weighted by atomic mass is 79.9. The van der Waals surface area contributed by atoms with E-state index in [1.54, 1.807) is 6.07 Å². The third-order valence-corrected chi connectivity index (χ3v) is 2.95. The van der Waals surface area contributed by atoms with Crippen LogP contribution in [0.25, 0.3) is 0 Å². The molecule has 0 aliphatic carbocycles. The average Bonchev–Trinajstić information content (AvgIpc) is 2.02. The number of nitro groups is 1. The fourth-order valence-electron chi connectivity index (χ4n) is 0.885. The molecule has 3 nitrogen and oxygen atoms in total. The number of halogens is 3. The highest BCUT2D eigenvalue weighted by Crippen LogP contribution is 2.32. The van der Waals surface area contributed by atoms with Crippen molar-refractivity contribution < 1.29 is 4.92 Å². The summed E-state index contributed by atoms with van der Waals surface area (Å²) in [7, 11) is 0. The third-order valence-electron chi connectivity index (χ3n) is 1.47. The van der Waals surface area contributed by atoms with Gasteiger partial charge in [-0.1, -0.05) is 43.5 Å². The number of nitro benzene ring substituents is 1. The Bertz CT molecular complexity index is 357. The monoisotopic (exact) mass is 327 g/mol. The highest BCUT2D eigenvalue weighted by molar-refractivity contribution is 9.10. The Balaban J connectivity index is 3.38. The SMILES string of the molecule is O=[N+]([O-])c1cc(Cl)cc(Br)c1CBr. The molecule has 70 valence electrons. The molecule has 0 fully saturated rings. The first-order valence-corrected chi connectivity index (χ1v) is 5.53. The largest absolute Gasteiger partial charge is 0.276 e. The summed E-state index contributed by atoms with van der Waals surface area (Å²) in [6, 6.07) is 2.97. The van der Waals surface area contributed by atoms with E-state index in [2.05, 4.69) is 31.9 Å². The Hall–Kier alpha value is -0.130. The van der Waals surface area contributed by atoms with E-state index in [0.717, 1.165) is 0 Å². The van der Waals surface area contributed by atoms with Crippen molar-refractivity contribution in [3.63, 3.8) is 0 Å². The van der Waals surface area contributed by atoms with E-state index in [0.29, 0.717) is 20.4 Å². The van der Waals surface area contributed by atoms with Gasteiger partial charge in [0, 0.05) is 20.9 Å². The highest BCUT2D eigenvalue weighted by Gasteiger charge is 2.16. The minimum absolute atomic E-state index is 0.0243. The van der Waals surface area contributed by atoms with E-state index >= 15 is 0 Å². The smallest absolute Gasteiger partial charge is 0.258 e. The zero-order valence-electron chi connectivity index (χ0n) is 6.26. The second-order valence-corrected chi connectivity index (χ2v) is 4.13. The number of nitrogens with zero attached hydrogens (tertiary/aromatic N) is 1. The van der Waals surface area contributed by atoms with Gasteiger partial charge in [-0.3, -0.25) is 10.1 Å². The van der Waals surface area contributed by atoms with Crippen LogP contribution in [0, 0.1) is 10.1 Å². The van der Waals surface area contributed by atoms with Gasteiger partial charge in [0.15, 0.2) is 0 Å². The molecule has 0 aliphatic heterocycles. The first kappa shape index (κ1) is 10.9. The van der Waals surface area contributed by atoms with Crippen LogP contribution in [0.4, 0.5) is 5.69 Å². The number of hydrogen-bond acceptors (Lipinski definition) is 2. The molecule has 0 N–H and O–H groups in total. The van der Waals surface area contributed by atoms with E-state index in [4.69, 9.17) is 11.6 Å². The standard InChI is InChI=1S/C7H4Br2ClNO2/c8-3-5-6(9)1-4(10)2-7(5)11(12)13/h1-2H,3H2. The van der Waals surface area contributed by atoms with E-state index in [1.807, 2.05) is 0 Å². The van der Waals surface area contributed by atoms with Gasteiger partial charge in [-0.15, -0.1) is 0 Å². The summed E-state index contributed by atoms with van der Waals surface area (Å²) in [6.45, 7) is 0. The van der Waals surface area contributed by atoms with E-state index in [1.165, 1.54) is 6.07 Å². The van der Waals surface area contributed by atoms with Crippen molar-refractivity contribution in [2.24, 2.45) is 0 Å². The third kappa shape index (κ3) is 2.42. The molecule has 0 aliphatic rings. The number of alkyl halides is 1. The molecule has 0 amide bonds. The molecule has 0 radical (unpaired) electrons. The van der Waals surface area contributed by atoms with Crippen LogP contribution in [0.5, 0.6) is 0 Å². The maximum absolute atomic E-state index is 10.6. The van der Waals surface area contributed by atoms with Gasteiger partial charge in [-0.25, -0.2) is 0 Å². The van der Waals surface area contributed by atoms with Crippen molar-refractivity contribution in [2.75, 3.05) is 0 Å². The molecule has 0 saturated heterocycles. The summed E-state index contributed by atoms with van der Waals surface area (Å²) in [5, 5.41) is 11.4. The minimum atomic E-state index is -0.451. The lowest BCUT2D eigenvalue weighted by atomic mass is 10.2. The fourth-order valence-corrected chi connectivity index (χ4v) is 2.78. The molecule has 0 heterocycles. The summed E-state index contributed by atoms with van der Waals surface area (Å²) in [5.74, 6) is 0. The van der Waals surface area contributed by atoms with Crippen molar-refractivity contribution in [2.45, 2.75) is 5.33 Å². The summed E-state index contributed by atoms with van der Waals surface area (Å²) < 4.78 is 0.642. The number of rotatable bonds is 2. The van der Waals surface area contributed by atoms with Gasteiger partial charge in [-0.05, 0) is 6.07 Å². The molecule has 0 saturated carbocycles. The van der Waals surface area contributed by atoms with Crippen molar-refractivity contribution in [3.8, 4) is 0 Å². The Labute approximate surface area is 96.5 Å². The van der Waals surface area contributed by atoms with Crippen LogP contribution in [-0.2, 0) is 5.33 Å². The molecule has 0 bridgehead atoms. The summed E-state index contributed by atoms with van der Waals surface area (Å²) >= 11 is 12.1. The molecule has 1 aromatic carbocycles. The van der Waals surface area contributed by atoms with Crippen molar-refractivity contribution in [1.29, 1.82) is 0 Å². The molecule has 0 spiro atoms. The second-order valence-electron chi connectivity index (χ2n) is 2.28. The van der Waals surface area contributed by atoms with Gasteiger partial charge < -0.3 is 0 Å². The van der Waals surface area contributed by atoms with Crippen molar-refractivity contribution >= 4 is 49.1 Å². The van der Waals surface area contributed by atoms with Gasteiger partial charge in [0.2, 0.25) is 0 Å². The second kappa shape index (κ2) is 4.39. The van der Waals surface area contributed by atoms with E-state index in [-0.39, 0.29) is 5.69 Å². The number of hydrogen-bond donors (Lipinski definition) is 0. The van der Waals surface area contributed by atoms with Gasteiger partial charge in [-0.2, -0.15) is 0 Å². The normalized spacial score (nSPS) is 10.1. The van der Waals surface area contributed by atoms with Crippen LogP contribution in [0.15, 0.2) is 16.6 Å². The Kier molecular flexibility index (Phi) is 3.70. The first-order chi connectivity index (χ1) is 6.06. The molecular formula is C7H4Br2ClNO2. The lowest BCUT2D eigenvalue weighted by Gasteiger charge is -2.02. The molecule has 1 aromatic rings. The van der Waals surface area contributed by atoms with Crippen LogP contribution in [0.2, 0.25) is 5.02 Å². The van der Waals surface area contributed by atoms with Crippen molar-refractivity contribution in [3.05, 3.63) is 37.3 Å². The lowest BCUT2D eigenvalue weighted by molar-refractivity contribution is -0.385. The van der Waals surface area contributed by atoms with Crippen LogP contribution in [0.1, 0.15) is 5.56 Å². The van der Waals surface area contributed by atoms with Crippen molar-refractivity contribution in [1.82, 2.24) is 0 Å². The molecule has 0 atom stereocenters. The van der Waals surface area contributed by atoms with Gasteiger partial charge >= 0.3 is 0 Å². The number of benzene rings is 1. The summed E-state index contributed by atoms with van der Waals surface area (Å²) in [6.07, 6.45) is 0. The summed E-state index contributed by atoms with van der Waals surface area (Å²) in [4.78, 5) is 10.1. The zero-order chi connectivity index (χ0) is 10.0. The van der Waals surface area contributed by atoms with Crippen LogP contribution < -0.4 is 0 Å². The molecule has 1 rings (SSSR count). The van der Waals surface area contributed by atoms with Gasteiger partial charge in [0.25, 0.3) is 5.69 Å². The topological polar surface area (TPSA) is 43.1 Å². The maximum Gasteiger partial charge on any atom is 0.276 e. The average molecular weight is 329 g/mol. The molecule has 0 unspecified atom stereocenters. The predicted molar refractivity (Wildman–Crippen MR) is 58.4 cm³/mol. The van der Waals surface area contributed by atoms with E-state index < -0.39 is 4.92 Å². The van der Waals surface area contributed by atoms with Crippen LogP contribution in [-0.4, -0.2) is 4.92 Å². The quantitative estimate of drug-likeness (QED) is 0.469. The van der Waals surface area contributed by atoms with Gasteiger partial charge in [0.05, 0.1) is 10.5 Å². The molecular weight excluding hydrogens is 325 g/mol. The van der Waals surface area contributed by atoms with Crippen LogP contribution in [0.3, 0.4) is 0 Å². The molecule has 6 heteroatoms. The minimum Gasteiger partial charge on any atom is -0.258 e. The summed E-state index contributed by atoms with van der Waals surface area (Å²) in [5.41, 5.74) is 0.616. The zero-order valence-corrected chi connectivity index (χ0v) is 10.2. The predicted octanol–water partition coefficient (Wildman–Crippen LogP) is 3.91. The lowest BCUT2D eigenvalue weighted by Crippen LogP contribution is -1.94. The van der Waals surface area contributed by atoms with Gasteiger partial charge in [0.1, 0.15) is 0 Å². The van der Waals surface area contributed by atoms with E-state index in [9.17, 15) is 10.1 Å². The Morgan fingerprint density at radius 2 is 2.15 bits per heavy atom.